The molecule has 0 aromatic carbocycles. The van der Waals surface area contributed by atoms with Gasteiger partial charge in [-0.3, -0.25) is 0 Å². The number of hydrogen-bond acceptors (Lipinski definition) is 3. The van der Waals surface area contributed by atoms with Crippen LogP contribution in [-0.4, -0.2) is 16.5 Å². The molecule has 0 atom stereocenters. The molecule has 3 nitrogen and oxygen atoms in total. The molecule has 1 heterocycles. The molecule has 1 N–H and O–H groups in total. The Morgan fingerprint density at radius 1 is 1.20 bits per heavy atom. The van der Waals surface area contributed by atoms with Crippen LogP contribution in [0.3, 0.4) is 0 Å². The third-order valence-electron chi connectivity index (χ3n) is 2.34. The van der Waals surface area contributed by atoms with Crippen LogP contribution >= 0.6 is 0 Å². The first kappa shape index (κ1) is 12.0. The van der Waals surface area contributed by atoms with Crippen molar-refractivity contribution in [1.29, 1.82) is 0 Å². The zero-order valence-corrected chi connectivity index (χ0v) is 10.0. The number of nitrogens with zero attached hydrogens (tertiary/aromatic N) is 2. The standard InChI is InChI=1S/C12H21N3/c1-4-6-7-8-13-12-9-11(5-2)14-10(3)15-12/h9H,4-8H2,1-3H3,(H,13,14,15). The van der Waals surface area contributed by atoms with Crippen molar-refractivity contribution >= 4 is 5.82 Å². The second kappa shape index (κ2) is 6.38. The third-order valence-corrected chi connectivity index (χ3v) is 2.34. The van der Waals surface area contributed by atoms with Gasteiger partial charge in [0.2, 0.25) is 0 Å². The van der Waals surface area contributed by atoms with Gasteiger partial charge in [0.05, 0.1) is 0 Å². The van der Waals surface area contributed by atoms with E-state index in [4.69, 9.17) is 0 Å². The summed E-state index contributed by atoms with van der Waals surface area (Å²) in [6, 6.07) is 2.04. The van der Waals surface area contributed by atoms with Crippen LogP contribution in [-0.2, 0) is 6.42 Å². The molecule has 0 fully saturated rings. The van der Waals surface area contributed by atoms with Gasteiger partial charge in [0.15, 0.2) is 0 Å². The van der Waals surface area contributed by atoms with Crippen LogP contribution in [0.15, 0.2) is 6.07 Å². The Balaban J connectivity index is 2.49. The Hall–Kier alpha value is -1.12. The molecule has 0 bridgehead atoms. The lowest BCUT2D eigenvalue weighted by Crippen LogP contribution is -2.06. The minimum Gasteiger partial charge on any atom is -0.370 e. The van der Waals surface area contributed by atoms with Crippen LogP contribution in [0.1, 0.15) is 44.6 Å². The van der Waals surface area contributed by atoms with Crippen molar-refractivity contribution in [3.63, 3.8) is 0 Å². The Morgan fingerprint density at radius 2 is 2.00 bits per heavy atom. The van der Waals surface area contributed by atoms with Gasteiger partial charge in [0, 0.05) is 18.3 Å². The van der Waals surface area contributed by atoms with E-state index in [1.807, 2.05) is 13.0 Å². The normalized spacial score (nSPS) is 10.3. The van der Waals surface area contributed by atoms with Crippen molar-refractivity contribution in [2.75, 3.05) is 11.9 Å². The van der Waals surface area contributed by atoms with Crippen molar-refractivity contribution in [3.05, 3.63) is 17.6 Å². The highest BCUT2D eigenvalue weighted by Crippen LogP contribution is 2.07. The van der Waals surface area contributed by atoms with Crippen molar-refractivity contribution in [1.82, 2.24) is 9.97 Å². The molecule has 1 rings (SSSR count). The molecule has 0 spiro atoms. The molecule has 0 saturated heterocycles. The van der Waals surface area contributed by atoms with E-state index in [2.05, 4.69) is 29.1 Å². The summed E-state index contributed by atoms with van der Waals surface area (Å²) in [4.78, 5) is 8.70. The largest absolute Gasteiger partial charge is 0.370 e. The van der Waals surface area contributed by atoms with Crippen LogP contribution in [0.5, 0.6) is 0 Å². The van der Waals surface area contributed by atoms with Gasteiger partial charge in [-0.2, -0.15) is 0 Å². The van der Waals surface area contributed by atoms with Gasteiger partial charge < -0.3 is 5.32 Å². The summed E-state index contributed by atoms with van der Waals surface area (Å²) >= 11 is 0. The number of unbranched alkanes of at least 4 members (excludes halogenated alkanes) is 2. The highest BCUT2D eigenvalue weighted by molar-refractivity contribution is 5.35. The second-order valence-electron chi connectivity index (χ2n) is 3.78. The van der Waals surface area contributed by atoms with E-state index in [0.717, 1.165) is 30.3 Å². The quantitative estimate of drug-likeness (QED) is 0.729. The van der Waals surface area contributed by atoms with E-state index in [0.29, 0.717) is 0 Å². The van der Waals surface area contributed by atoms with Crippen LogP contribution in [0.2, 0.25) is 0 Å². The van der Waals surface area contributed by atoms with Gasteiger partial charge in [-0.05, 0) is 19.8 Å². The number of aromatic nitrogens is 2. The number of rotatable bonds is 6. The fourth-order valence-corrected chi connectivity index (χ4v) is 1.49. The summed E-state index contributed by atoms with van der Waals surface area (Å²) in [5.74, 6) is 1.82. The zero-order valence-electron chi connectivity index (χ0n) is 10.0. The SMILES string of the molecule is CCCCCNc1cc(CC)nc(C)n1. The molecule has 84 valence electrons. The molecule has 0 aliphatic heterocycles. The lowest BCUT2D eigenvalue weighted by Gasteiger charge is -2.07. The summed E-state index contributed by atoms with van der Waals surface area (Å²) in [6.07, 6.45) is 4.70. The first-order valence-corrected chi connectivity index (χ1v) is 5.84. The fraction of sp³-hybridized carbons (Fsp3) is 0.667. The van der Waals surface area contributed by atoms with Gasteiger partial charge in [0.25, 0.3) is 0 Å². The molecule has 0 saturated carbocycles. The summed E-state index contributed by atoms with van der Waals surface area (Å²) in [6.45, 7) is 7.27. The second-order valence-corrected chi connectivity index (χ2v) is 3.78. The van der Waals surface area contributed by atoms with Gasteiger partial charge in [-0.1, -0.05) is 26.7 Å². The van der Waals surface area contributed by atoms with E-state index < -0.39 is 0 Å². The molecule has 1 aromatic rings. The maximum atomic E-state index is 4.36. The number of hydrogen-bond donors (Lipinski definition) is 1. The summed E-state index contributed by atoms with van der Waals surface area (Å²) in [5.41, 5.74) is 1.11. The highest BCUT2D eigenvalue weighted by atomic mass is 15.0. The molecular formula is C12H21N3. The van der Waals surface area contributed by atoms with Crippen molar-refractivity contribution in [3.8, 4) is 0 Å². The molecule has 15 heavy (non-hydrogen) atoms. The summed E-state index contributed by atoms with van der Waals surface area (Å²) < 4.78 is 0. The number of nitrogens with one attached hydrogen (secondary N) is 1. The topological polar surface area (TPSA) is 37.8 Å². The van der Waals surface area contributed by atoms with Crippen LogP contribution < -0.4 is 5.32 Å². The fourth-order valence-electron chi connectivity index (χ4n) is 1.49. The van der Waals surface area contributed by atoms with E-state index in [9.17, 15) is 0 Å². The van der Waals surface area contributed by atoms with E-state index >= 15 is 0 Å². The predicted octanol–water partition coefficient (Wildman–Crippen LogP) is 2.95. The van der Waals surface area contributed by atoms with Crippen molar-refractivity contribution in [2.24, 2.45) is 0 Å². The Kier molecular flexibility index (Phi) is 5.08. The first-order chi connectivity index (χ1) is 7.26. The zero-order chi connectivity index (χ0) is 11.1. The maximum Gasteiger partial charge on any atom is 0.129 e. The molecule has 0 aliphatic rings. The van der Waals surface area contributed by atoms with Gasteiger partial charge in [-0.15, -0.1) is 0 Å². The van der Waals surface area contributed by atoms with E-state index in [-0.39, 0.29) is 0 Å². The van der Waals surface area contributed by atoms with Crippen molar-refractivity contribution < 1.29 is 0 Å². The minimum absolute atomic E-state index is 0.854. The summed E-state index contributed by atoms with van der Waals surface area (Å²) in [7, 11) is 0. The van der Waals surface area contributed by atoms with E-state index in [1.54, 1.807) is 0 Å². The molecule has 1 aromatic heterocycles. The van der Waals surface area contributed by atoms with Crippen LogP contribution in [0.25, 0.3) is 0 Å². The Labute approximate surface area is 92.3 Å². The van der Waals surface area contributed by atoms with E-state index in [1.165, 1.54) is 19.3 Å². The summed E-state index contributed by atoms with van der Waals surface area (Å²) in [5, 5.41) is 3.34. The maximum absolute atomic E-state index is 4.36. The van der Waals surface area contributed by atoms with Crippen molar-refractivity contribution in [2.45, 2.75) is 46.5 Å². The average molecular weight is 207 g/mol. The Morgan fingerprint density at radius 3 is 2.67 bits per heavy atom. The van der Waals surface area contributed by atoms with Crippen LogP contribution in [0.4, 0.5) is 5.82 Å². The molecule has 0 amide bonds. The van der Waals surface area contributed by atoms with Gasteiger partial charge in [0.1, 0.15) is 11.6 Å². The van der Waals surface area contributed by atoms with Crippen LogP contribution in [0, 0.1) is 6.92 Å². The lowest BCUT2D eigenvalue weighted by molar-refractivity contribution is 0.741. The number of anilines is 1. The van der Waals surface area contributed by atoms with Gasteiger partial charge in [-0.25, -0.2) is 9.97 Å². The minimum atomic E-state index is 0.854. The lowest BCUT2D eigenvalue weighted by atomic mass is 10.2. The smallest absolute Gasteiger partial charge is 0.129 e. The molecule has 0 radical (unpaired) electrons. The first-order valence-electron chi connectivity index (χ1n) is 5.84. The predicted molar refractivity (Wildman–Crippen MR) is 64.2 cm³/mol. The highest BCUT2D eigenvalue weighted by Gasteiger charge is 1.99. The Bertz CT molecular complexity index is 297. The third kappa shape index (κ3) is 4.28. The monoisotopic (exact) mass is 207 g/mol. The average Bonchev–Trinajstić information content (AvgIpc) is 2.23. The molecule has 0 unspecified atom stereocenters. The molecule has 0 aliphatic carbocycles. The van der Waals surface area contributed by atoms with Gasteiger partial charge >= 0.3 is 0 Å². The molecule has 3 heteroatoms. The number of aryl methyl sites for hydroxylation is 2. The molecular weight excluding hydrogens is 186 g/mol.